The lowest BCUT2D eigenvalue weighted by Gasteiger charge is -2.08. The molecule has 0 aliphatic carbocycles. The lowest BCUT2D eigenvalue weighted by molar-refractivity contribution is 0.0963. The van der Waals surface area contributed by atoms with E-state index in [-0.39, 0.29) is 11.9 Å². The highest BCUT2D eigenvalue weighted by Crippen LogP contribution is 2.08. The molecule has 0 aliphatic heterocycles. The van der Waals surface area contributed by atoms with Crippen molar-refractivity contribution in [1.29, 1.82) is 0 Å². The predicted octanol–water partition coefficient (Wildman–Crippen LogP) is 1.72. The van der Waals surface area contributed by atoms with Gasteiger partial charge in [0, 0.05) is 18.7 Å². The van der Waals surface area contributed by atoms with E-state index in [2.05, 4.69) is 12.2 Å². The monoisotopic (exact) mass is 220 g/mol. The first-order valence-electron chi connectivity index (χ1n) is 5.74. The summed E-state index contributed by atoms with van der Waals surface area (Å²) in [5, 5.41) is 2.60. The molecule has 1 unspecified atom stereocenters. The highest BCUT2D eigenvalue weighted by molar-refractivity contribution is 5.93. The summed E-state index contributed by atoms with van der Waals surface area (Å²) in [5.41, 5.74) is 7.79. The smallest absolute Gasteiger partial charge is 0.251 e. The molecule has 88 valence electrons. The summed E-state index contributed by atoms with van der Waals surface area (Å²) >= 11 is 0. The van der Waals surface area contributed by atoms with Gasteiger partial charge in [0.2, 0.25) is 0 Å². The highest BCUT2D eigenvalue weighted by atomic mass is 16.1. The first-order chi connectivity index (χ1) is 7.67. The zero-order valence-corrected chi connectivity index (χ0v) is 9.99. The van der Waals surface area contributed by atoms with Gasteiger partial charge < -0.3 is 11.1 Å². The number of carbonyl (C=O) groups is 1. The Labute approximate surface area is 97.0 Å². The van der Waals surface area contributed by atoms with Gasteiger partial charge in [0.1, 0.15) is 0 Å². The summed E-state index contributed by atoms with van der Waals surface area (Å²) < 4.78 is 0. The number of nitrogens with one attached hydrogen (secondary N) is 1. The molecule has 0 aromatic heterocycles. The number of amides is 1. The van der Waals surface area contributed by atoms with E-state index < -0.39 is 0 Å². The minimum Gasteiger partial charge on any atom is -0.355 e. The van der Waals surface area contributed by atoms with Crippen molar-refractivity contribution >= 4 is 5.91 Å². The fourth-order valence-corrected chi connectivity index (χ4v) is 1.52. The van der Waals surface area contributed by atoms with Crippen LogP contribution in [0.4, 0.5) is 0 Å². The Morgan fingerprint density at radius 2 is 2.00 bits per heavy atom. The maximum atomic E-state index is 11.3. The van der Waals surface area contributed by atoms with Crippen molar-refractivity contribution < 1.29 is 4.79 Å². The molecule has 3 heteroatoms. The molecule has 16 heavy (non-hydrogen) atoms. The van der Waals surface area contributed by atoms with Crippen LogP contribution in [-0.2, 0) is 6.42 Å². The van der Waals surface area contributed by atoms with Crippen molar-refractivity contribution in [2.75, 3.05) is 7.05 Å². The molecule has 0 fully saturated rings. The standard InChI is InChI=1S/C13H20N2O/c1-3-12(14)9-6-10-4-7-11(8-5-10)13(16)15-2/h4-5,7-8,12H,3,6,9,14H2,1-2H3,(H,15,16). The Morgan fingerprint density at radius 3 is 2.50 bits per heavy atom. The molecule has 3 N–H and O–H groups in total. The van der Waals surface area contributed by atoms with Crippen LogP contribution in [0.1, 0.15) is 35.7 Å². The molecule has 0 aliphatic rings. The molecule has 1 amide bonds. The Bertz CT molecular complexity index is 332. The van der Waals surface area contributed by atoms with Crippen LogP contribution in [0.15, 0.2) is 24.3 Å². The number of nitrogens with two attached hydrogens (primary N) is 1. The summed E-state index contributed by atoms with van der Waals surface area (Å²) in [7, 11) is 1.64. The lowest BCUT2D eigenvalue weighted by Crippen LogP contribution is -2.19. The second-order valence-electron chi connectivity index (χ2n) is 3.98. The second-order valence-corrected chi connectivity index (χ2v) is 3.98. The molecular weight excluding hydrogens is 200 g/mol. The molecule has 0 heterocycles. The number of aryl methyl sites for hydroxylation is 1. The lowest BCUT2D eigenvalue weighted by atomic mass is 10.0. The molecule has 0 radical (unpaired) electrons. The molecule has 3 nitrogen and oxygen atoms in total. The molecule has 0 saturated heterocycles. The van der Waals surface area contributed by atoms with Crippen LogP contribution >= 0.6 is 0 Å². The van der Waals surface area contributed by atoms with Crippen LogP contribution in [0, 0.1) is 0 Å². The van der Waals surface area contributed by atoms with E-state index in [0.29, 0.717) is 5.56 Å². The van der Waals surface area contributed by atoms with Crippen molar-refractivity contribution in [2.45, 2.75) is 32.2 Å². The Balaban J connectivity index is 2.54. The quantitative estimate of drug-likeness (QED) is 0.793. The summed E-state index contributed by atoms with van der Waals surface area (Å²) in [6.07, 6.45) is 2.98. The maximum absolute atomic E-state index is 11.3. The van der Waals surface area contributed by atoms with E-state index in [1.165, 1.54) is 5.56 Å². The summed E-state index contributed by atoms with van der Waals surface area (Å²) in [5.74, 6) is -0.0446. The minimum absolute atomic E-state index is 0.0446. The number of rotatable bonds is 5. The van der Waals surface area contributed by atoms with E-state index in [0.717, 1.165) is 19.3 Å². The predicted molar refractivity (Wildman–Crippen MR) is 66.4 cm³/mol. The number of hydrogen-bond donors (Lipinski definition) is 2. The Hall–Kier alpha value is -1.35. The van der Waals surface area contributed by atoms with Crippen LogP contribution in [0.25, 0.3) is 0 Å². The average molecular weight is 220 g/mol. The van der Waals surface area contributed by atoms with Gasteiger partial charge in [0.15, 0.2) is 0 Å². The van der Waals surface area contributed by atoms with Gasteiger partial charge in [-0.2, -0.15) is 0 Å². The van der Waals surface area contributed by atoms with E-state index >= 15 is 0 Å². The van der Waals surface area contributed by atoms with Crippen LogP contribution in [0.3, 0.4) is 0 Å². The maximum Gasteiger partial charge on any atom is 0.251 e. The molecule has 0 spiro atoms. The molecule has 1 atom stereocenters. The van der Waals surface area contributed by atoms with E-state index in [1.54, 1.807) is 7.05 Å². The number of carbonyl (C=O) groups excluding carboxylic acids is 1. The normalized spacial score (nSPS) is 12.2. The SMILES string of the molecule is CCC(N)CCc1ccc(C(=O)NC)cc1. The topological polar surface area (TPSA) is 55.1 Å². The van der Waals surface area contributed by atoms with Crippen LogP contribution in [0.2, 0.25) is 0 Å². The van der Waals surface area contributed by atoms with Gasteiger partial charge in [-0.3, -0.25) is 4.79 Å². The number of benzene rings is 1. The van der Waals surface area contributed by atoms with Gasteiger partial charge in [-0.05, 0) is 37.0 Å². The third-order valence-electron chi connectivity index (χ3n) is 2.77. The Morgan fingerprint density at radius 1 is 1.38 bits per heavy atom. The van der Waals surface area contributed by atoms with Crippen molar-refractivity contribution in [3.63, 3.8) is 0 Å². The molecule has 1 aromatic carbocycles. The number of hydrogen-bond acceptors (Lipinski definition) is 2. The molecular formula is C13H20N2O. The third-order valence-corrected chi connectivity index (χ3v) is 2.77. The van der Waals surface area contributed by atoms with Gasteiger partial charge >= 0.3 is 0 Å². The summed E-state index contributed by atoms with van der Waals surface area (Å²) in [6.45, 7) is 2.10. The first-order valence-corrected chi connectivity index (χ1v) is 5.74. The van der Waals surface area contributed by atoms with Gasteiger partial charge in [-0.15, -0.1) is 0 Å². The van der Waals surface area contributed by atoms with Crippen LogP contribution in [-0.4, -0.2) is 19.0 Å². The minimum atomic E-state index is -0.0446. The van der Waals surface area contributed by atoms with Crippen LogP contribution < -0.4 is 11.1 Å². The highest BCUT2D eigenvalue weighted by Gasteiger charge is 2.03. The molecule has 0 bridgehead atoms. The molecule has 0 saturated carbocycles. The van der Waals surface area contributed by atoms with Gasteiger partial charge in [-0.1, -0.05) is 19.1 Å². The fraction of sp³-hybridized carbons (Fsp3) is 0.462. The molecule has 1 rings (SSSR count). The van der Waals surface area contributed by atoms with Gasteiger partial charge in [0.05, 0.1) is 0 Å². The van der Waals surface area contributed by atoms with E-state index in [1.807, 2.05) is 24.3 Å². The Kier molecular flexibility index (Phi) is 4.99. The van der Waals surface area contributed by atoms with Gasteiger partial charge in [0.25, 0.3) is 5.91 Å². The molecule has 1 aromatic rings. The van der Waals surface area contributed by atoms with Crippen molar-refractivity contribution in [3.05, 3.63) is 35.4 Å². The van der Waals surface area contributed by atoms with Crippen molar-refractivity contribution in [1.82, 2.24) is 5.32 Å². The van der Waals surface area contributed by atoms with Crippen molar-refractivity contribution in [3.8, 4) is 0 Å². The third kappa shape index (κ3) is 3.66. The summed E-state index contributed by atoms with van der Waals surface area (Å²) in [4.78, 5) is 11.3. The zero-order valence-electron chi connectivity index (χ0n) is 9.99. The van der Waals surface area contributed by atoms with Gasteiger partial charge in [-0.25, -0.2) is 0 Å². The first kappa shape index (κ1) is 12.7. The zero-order chi connectivity index (χ0) is 12.0. The van der Waals surface area contributed by atoms with E-state index in [4.69, 9.17) is 5.73 Å². The summed E-state index contributed by atoms with van der Waals surface area (Å²) in [6, 6.07) is 7.97. The largest absolute Gasteiger partial charge is 0.355 e. The van der Waals surface area contributed by atoms with Crippen molar-refractivity contribution in [2.24, 2.45) is 5.73 Å². The van der Waals surface area contributed by atoms with E-state index in [9.17, 15) is 4.79 Å². The van der Waals surface area contributed by atoms with Crippen LogP contribution in [0.5, 0.6) is 0 Å². The second kappa shape index (κ2) is 6.28. The fourth-order valence-electron chi connectivity index (χ4n) is 1.52. The average Bonchev–Trinajstić information content (AvgIpc) is 2.35.